The highest BCUT2D eigenvalue weighted by molar-refractivity contribution is 5.76. The highest BCUT2D eigenvalue weighted by Crippen LogP contribution is 2.19. The van der Waals surface area contributed by atoms with Gasteiger partial charge in [0, 0.05) is 0 Å². The summed E-state index contributed by atoms with van der Waals surface area (Å²) < 4.78 is 5.19. The van der Waals surface area contributed by atoms with Crippen LogP contribution >= 0.6 is 0 Å². The van der Waals surface area contributed by atoms with Gasteiger partial charge in [-0.15, -0.1) is 0 Å². The molecule has 16 heavy (non-hydrogen) atoms. The number of imidazole rings is 1. The SMILES string of the molecule is Nc1nc(OCCC(=O)O)c2[nH]cnc2n1. The topological polar surface area (TPSA) is 127 Å². The van der Waals surface area contributed by atoms with Gasteiger partial charge in [-0.2, -0.15) is 9.97 Å². The number of H-pyrrole nitrogens is 1. The fraction of sp³-hybridized carbons (Fsp3) is 0.250. The maximum atomic E-state index is 10.3. The number of carboxylic acid groups (broad SMARTS) is 1. The molecular formula is C8H9N5O3. The predicted octanol–water partition coefficient (Wildman–Crippen LogP) is -0.211. The van der Waals surface area contributed by atoms with E-state index >= 15 is 0 Å². The average Bonchev–Trinajstić information content (AvgIpc) is 2.64. The van der Waals surface area contributed by atoms with Crippen molar-refractivity contribution in [2.75, 3.05) is 12.3 Å². The molecule has 2 rings (SSSR count). The van der Waals surface area contributed by atoms with Crippen LogP contribution in [0.5, 0.6) is 5.88 Å². The molecule has 0 aliphatic rings. The number of ether oxygens (including phenoxy) is 1. The maximum absolute atomic E-state index is 10.3. The number of carboxylic acids is 1. The molecule has 0 aliphatic carbocycles. The van der Waals surface area contributed by atoms with E-state index in [0.717, 1.165) is 0 Å². The summed E-state index contributed by atoms with van der Waals surface area (Å²) in [6.45, 7) is 0.0138. The minimum absolute atomic E-state index is 0.0138. The quantitative estimate of drug-likeness (QED) is 0.654. The summed E-state index contributed by atoms with van der Waals surface area (Å²) >= 11 is 0. The second-order valence-electron chi connectivity index (χ2n) is 2.98. The molecule has 0 saturated carbocycles. The van der Waals surface area contributed by atoms with Crippen molar-refractivity contribution in [1.82, 2.24) is 19.9 Å². The van der Waals surface area contributed by atoms with Crippen LogP contribution in [0.25, 0.3) is 11.2 Å². The van der Waals surface area contributed by atoms with E-state index in [1.807, 2.05) is 0 Å². The zero-order valence-corrected chi connectivity index (χ0v) is 8.17. The Bertz CT molecular complexity index is 523. The first-order chi connectivity index (χ1) is 7.66. The summed E-state index contributed by atoms with van der Waals surface area (Å²) in [5.74, 6) is -0.700. The molecule has 0 saturated heterocycles. The van der Waals surface area contributed by atoms with E-state index in [0.29, 0.717) is 11.2 Å². The van der Waals surface area contributed by atoms with Crippen molar-refractivity contribution in [3.8, 4) is 5.88 Å². The Morgan fingerprint density at radius 1 is 1.56 bits per heavy atom. The van der Waals surface area contributed by atoms with Crippen molar-refractivity contribution in [3.63, 3.8) is 0 Å². The van der Waals surface area contributed by atoms with Crippen molar-refractivity contribution >= 4 is 23.1 Å². The molecule has 8 heteroatoms. The molecule has 0 unspecified atom stereocenters. The highest BCUT2D eigenvalue weighted by atomic mass is 16.5. The number of carbonyl (C=O) groups is 1. The van der Waals surface area contributed by atoms with Crippen LogP contribution in [0.2, 0.25) is 0 Å². The third-order valence-corrected chi connectivity index (χ3v) is 1.82. The number of nitrogens with two attached hydrogens (primary N) is 1. The molecule has 84 valence electrons. The van der Waals surface area contributed by atoms with Crippen LogP contribution < -0.4 is 10.5 Å². The van der Waals surface area contributed by atoms with Gasteiger partial charge in [-0.3, -0.25) is 4.79 Å². The van der Waals surface area contributed by atoms with Gasteiger partial charge in [0.05, 0.1) is 12.7 Å². The molecule has 0 bridgehead atoms. The van der Waals surface area contributed by atoms with E-state index in [2.05, 4.69) is 19.9 Å². The third-order valence-electron chi connectivity index (χ3n) is 1.82. The Balaban J connectivity index is 2.22. The zero-order valence-electron chi connectivity index (χ0n) is 8.17. The van der Waals surface area contributed by atoms with Gasteiger partial charge in [-0.1, -0.05) is 0 Å². The number of anilines is 1. The van der Waals surface area contributed by atoms with E-state index in [1.54, 1.807) is 0 Å². The lowest BCUT2D eigenvalue weighted by Gasteiger charge is -2.04. The minimum Gasteiger partial charge on any atom is -0.481 e. The number of aromatic nitrogens is 4. The van der Waals surface area contributed by atoms with Gasteiger partial charge in [0.25, 0.3) is 0 Å². The number of nitrogens with one attached hydrogen (secondary N) is 1. The summed E-state index contributed by atoms with van der Waals surface area (Å²) in [5.41, 5.74) is 6.33. The van der Waals surface area contributed by atoms with Crippen LogP contribution in [0.15, 0.2) is 6.33 Å². The number of hydrogen-bond acceptors (Lipinski definition) is 6. The lowest BCUT2D eigenvalue weighted by molar-refractivity contribution is -0.137. The standard InChI is InChI=1S/C8H9N5O3/c9-8-12-6-5(10-3-11-6)7(13-8)16-2-1-4(14)15/h3H,1-2H2,(H,14,15)(H3,9,10,11,12,13). The molecule has 4 N–H and O–H groups in total. The zero-order chi connectivity index (χ0) is 11.5. The Hall–Kier alpha value is -2.38. The second-order valence-corrected chi connectivity index (χ2v) is 2.98. The number of rotatable bonds is 4. The van der Waals surface area contributed by atoms with Crippen molar-refractivity contribution in [3.05, 3.63) is 6.33 Å². The predicted molar refractivity (Wildman–Crippen MR) is 53.8 cm³/mol. The van der Waals surface area contributed by atoms with Crippen molar-refractivity contribution in [2.24, 2.45) is 0 Å². The number of nitrogen functional groups attached to an aromatic ring is 1. The number of fused-ring (bicyclic) bond motifs is 1. The molecule has 0 atom stereocenters. The van der Waals surface area contributed by atoms with Crippen LogP contribution in [0.3, 0.4) is 0 Å². The summed E-state index contributed by atoms with van der Waals surface area (Å²) in [7, 11) is 0. The van der Waals surface area contributed by atoms with Gasteiger partial charge in [-0.05, 0) is 0 Å². The molecule has 0 amide bonds. The van der Waals surface area contributed by atoms with E-state index < -0.39 is 5.97 Å². The van der Waals surface area contributed by atoms with Crippen molar-refractivity contribution < 1.29 is 14.6 Å². The van der Waals surface area contributed by atoms with E-state index in [9.17, 15) is 4.79 Å². The smallest absolute Gasteiger partial charge is 0.306 e. The first kappa shape index (κ1) is 10.1. The molecule has 0 fully saturated rings. The molecule has 2 heterocycles. The van der Waals surface area contributed by atoms with Crippen LogP contribution in [0, 0.1) is 0 Å². The summed E-state index contributed by atoms with van der Waals surface area (Å²) in [6.07, 6.45) is 1.32. The molecule has 2 aromatic heterocycles. The Labute approximate surface area is 89.5 Å². The second kappa shape index (κ2) is 4.01. The lowest BCUT2D eigenvalue weighted by Crippen LogP contribution is -2.07. The maximum Gasteiger partial charge on any atom is 0.306 e. The Kier molecular flexibility index (Phi) is 2.54. The molecule has 2 aromatic rings. The van der Waals surface area contributed by atoms with Gasteiger partial charge in [0.1, 0.15) is 12.1 Å². The number of hydrogen-bond donors (Lipinski definition) is 3. The fourth-order valence-electron chi connectivity index (χ4n) is 1.16. The minimum atomic E-state index is -0.942. The van der Waals surface area contributed by atoms with Gasteiger partial charge < -0.3 is 20.6 Å². The third kappa shape index (κ3) is 2.00. The van der Waals surface area contributed by atoms with E-state index in [-0.39, 0.29) is 24.9 Å². The average molecular weight is 223 g/mol. The number of aliphatic carboxylic acids is 1. The van der Waals surface area contributed by atoms with Gasteiger partial charge in [-0.25, -0.2) is 4.98 Å². The highest BCUT2D eigenvalue weighted by Gasteiger charge is 2.09. The van der Waals surface area contributed by atoms with Crippen LogP contribution in [-0.4, -0.2) is 37.6 Å². The van der Waals surface area contributed by atoms with Crippen molar-refractivity contribution in [2.45, 2.75) is 6.42 Å². The Morgan fingerprint density at radius 2 is 2.38 bits per heavy atom. The van der Waals surface area contributed by atoms with Crippen LogP contribution in [0.4, 0.5) is 5.95 Å². The largest absolute Gasteiger partial charge is 0.481 e. The number of nitrogens with zero attached hydrogens (tertiary/aromatic N) is 3. The summed E-state index contributed by atoms with van der Waals surface area (Å²) in [5, 5.41) is 8.46. The van der Waals surface area contributed by atoms with Gasteiger partial charge >= 0.3 is 5.97 Å². The van der Waals surface area contributed by atoms with Crippen LogP contribution in [0.1, 0.15) is 6.42 Å². The fourth-order valence-corrected chi connectivity index (χ4v) is 1.16. The monoisotopic (exact) mass is 223 g/mol. The lowest BCUT2D eigenvalue weighted by atomic mass is 10.4. The molecule has 0 radical (unpaired) electrons. The van der Waals surface area contributed by atoms with Crippen molar-refractivity contribution in [1.29, 1.82) is 0 Å². The van der Waals surface area contributed by atoms with E-state index in [4.69, 9.17) is 15.6 Å². The molecular weight excluding hydrogens is 214 g/mol. The summed E-state index contributed by atoms with van der Waals surface area (Å²) in [6, 6.07) is 0. The molecule has 8 nitrogen and oxygen atoms in total. The molecule has 0 aromatic carbocycles. The van der Waals surface area contributed by atoms with E-state index in [1.165, 1.54) is 6.33 Å². The van der Waals surface area contributed by atoms with Gasteiger partial charge in [0.2, 0.25) is 11.8 Å². The first-order valence-electron chi connectivity index (χ1n) is 4.48. The van der Waals surface area contributed by atoms with Gasteiger partial charge in [0.15, 0.2) is 5.65 Å². The normalized spacial score (nSPS) is 10.5. The molecule has 0 spiro atoms. The van der Waals surface area contributed by atoms with Crippen LogP contribution in [-0.2, 0) is 4.79 Å². The first-order valence-corrected chi connectivity index (χ1v) is 4.48. The molecule has 0 aliphatic heterocycles. The number of aromatic amines is 1. The Morgan fingerprint density at radius 3 is 3.12 bits per heavy atom. The summed E-state index contributed by atoms with van der Waals surface area (Å²) in [4.78, 5) is 24.7.